The first-order valence-corrected chi connectivity index (χ1v) is 4.66. The van der Waals surface area contributed by atoms with E-state index < -0.39 is 6.04 Å². The lowest BCUT2D eigenvalue weighted by molar-refractivity contribution is -0.119. The quantitative estimate of drug-likeness (QED) is 0.794. The molecule has 0 aromatic heterocycles. The lowest BCUT2D eigenvalue weighted by Gasteiger charge is -2.06. The molecule has 0 aliphatic heterocycles. The van der Waals surface area contributed by atoms with Crippen molar-refractivity contribution < 1.29 is 9.18 Å². The number of nitrogens with two attached hydrogens (primary N) is 1. The molecule has 1 unspecified atom stereocenters. The highest BCUT2D eigenvalue weighted by molar-refractivity contribution is 5.85. The van der Waals surface area contributed by atoms with Crippen molar-refractivity contribution in [3.05, 3.63) is 35.6 Å². The second kappa shape index (κ2) is 4.86. The Morgan fingerprint density at radius 3 is 2.50 bits per heavy atom. The van der Waals surface area contributed by atoms with Crippen LogP contribution in [0.2, 0.25) is 0 Å². The van der Waals surface area contributed by atoms with E-state index >= 15 is 0 Å². The number of hydrogen-bond donors (Lipinski definition) is 1. The molecule has 0 fully saturated rings. The summed E-state index contributed by atoms with van der Waals surface area (Å²) in [5.74, 6) is -0.292. The topological polar surface area (TPSA) is 43.1 Å². The molecule has 0 heterocycles. The van der Waals surface area contributed by atoms with Crippen molar-refractivity contribution in [3.8, 4) is 0 Å². The Morgan fingerprint density at radius 1 is 1.43 bits per heavy atom. The summed E-state index contributed by atoms with van der Waals surface area (Å²) >= 11 is 0. The maximum absolute atomic E-state index is 12.5. The molecular formula is C11H14FNO. The van der Waals surface area contributed by atoms with Gasteiger partial charge in [-0.15, -0.1) is 0 Å². The Labute approximate surface area is 82.9 Å². The zero-order valence-corrected chi connectivity index (χ0v) is 8.16. The summed E-state index contributed by atoms with van der Waals surface area (Å²) in [6, 6.07) is 5.51. The van der Waals surface area contributed by atoms with E-state index in [9.17, 15) is 9.18 Å². The highest BCUT2D eigenvalue weighted by Gasteiger charge is 2.11. The standard InChI is InChI=1S/C11H14FNO/c1-2-10(13)11(14)7-8-3-5-9(12)6-4-8/h3-6,10H,2,7,13H2,1H3. The van der Waals surface area contributed by atoms with Crippen LogP contribution in [0, 0.1) is 5.82 Å². The minimum atomic E-state index is -0.403. The smallest absolute Gasteiger partial charge is 0.153 e. The highest BCUT2D eigenvalue weighted by Crippen LogP contribution is 2.05. The van der Waals surface area contributed by atoms with E-state index in [2.05, 4.69) is 0 Å². The normalized spacial score (nSPS) is 12.5. The van der Waals surface area contributed by atoms with E-state index in [-0.39, 0.29) is 18.0 Å². The van der Waals surface area contributed by atoms with Crippen molar-refractivity contribution in [2.45, 2.75) is 25.8 Å². The number of hydrogen-bond acceptors (Lipinski definition) is 2. The average molecular weight is 195 g/mol. The number of ketones is 1. The fraction of sp³-hybridized carbons (Fsp3) is 0.364. The van der Waals surface area contributed by atoms with E-state index in [0.717, 1.165) is 5.56 Å². The van der Waals surface area contributed by atoms with Gasteiger partial charge in [-0.3, -0.25) is 4.79 Å². The van der Waals surface area contributed by atoms with Crippen LogP contribution in [-0.4, -0.2) is 11.8 Å². The molecule has 0 saturated heterocycles. The number of carbonyl (C=O) groups excluding carboxylic acids is 1. The second-order valence-electron chi connectivity index (χ2n) is 3.28. The third-order valence-electron chi connectivity index (χ3n) is 2.15. The third kappa shape index (κ3) is 2.92. The molecule has 0 bridgehead atoms. The molecular weight excluding hydrogens is 181 g/mol. The van der Waals surface area contributed by atoms with Gasteiger partial charge in [0.2, 0.25) is 0 Å². The van der Waals surface area contributed by atoms with E-state index in [4.69, 9.17) is 5.73 Å². The molecule has 2 nitrogen and oxygen atoms in total. The van der Waals surface area contributed by atoms with Gasteiger partial charge in [0.05, 0.1) is 6.04 Å². The van der Waals surface area contributed by atoms with Crippen LogP contribution in [0.1, 0.15) is 18.9 Å². The first-order valence-electron chi connectivity index (χ1n) is 4.66. The van der Waals surface area contributed by atoms with Gasteiger partial charge in [-0.25, -0.2) is 4.39 Å². The fourth-order valence-corrected chi connectivity index (χ4v) is 1.16. The van der Waals surface area contributed by atoms with Crippen molar-refractivity contribution in [1.29, 1.82) is 0 Å². The van der Waals surface area contributed by atoms with Crippen LogP contribution < -0.4 is 5.73 Å². The SMILES string of the molecule is CCC(N)C(=O)Cc1ccc(F)cc1. The molecule has 1 aromatic carbocycles. The van der Waals surface area contributed by atoms with Gasteiger partial charge in [0.1, 0.15) is 5.82 Å². The minimum Gasteiger partial charge on any atom is -0.322 e. The molecule has 0 spiro atoms. The highest BCUT2D eigenvalue weighted by atomic mass is 19.1. The number of halogens is 1. The van der Waals surface area contributed by atoms with Gasteiger partial charge in [0, 0.05) is 6.42 Å². The molecule has 76 valence electrons. The predicted molar refractivity (Wildman–Crippen MR) is 53.4 cm³/mol. The predicted octanol–water partition coefficient (Wildman–Crippen LogP) is 1.67. The van der Waals surface area contributed by atoms with Crippen molar-refractivity contribution in [2.75, 3.05) is 0 Å². The van der Waals surface area contributed by atoms with E-state index in [1.165, 1.54) is 12.1 Å². The molecule has 0 saturated carbocycles. The molecule has 1 aromatic rings. The van der Waals surface area contributed by atoms with Crippen LogP contribution in [0.5, 0.6) is 0 Å². The molecule has 0 radical (unpaired) electrons. The zero-order valence-electron chi connectivity index (χ0n) is 8.16. The largest absolute Gasteiger partial charge is 0.322 e. The maximum Gasteiger partial charge on any atom is 0.153 e. The Balaban J connectivity index is 2.60. The number of Topliss-reactive ketones (excluding diaryl/α,β-unsaturated/α-hetero) is 1. The van der Waals surface area contributed by atoms with Gasteiger partial charge in [-0.05, 0) is 24.1 Å². The van der Waals surface area contributed by atoms with Gasteiger partial charge in [0.25, 0.3) is 0 Å². The number of rotatable bonds is 4. The number of benzene rings is 1. The van der Waals surface area contributed by atoms with Crippen LogP contribution in [0.15, 0.2) is 24.3 Å². The van der Waals surface area contributed by atoms with Gasteiger partial charge in [-0.1, -0.05) is 19.1 Å². The monoisotopic (exact) mass is 195 g/mol. The summed E-state index contributed by atoms with van der Waals surface area (Å²) in [4.78, 5) is 11.4. The average Bonchev–Trinajstić information content (AvgIpc) is 2.20. The van der Waals surface area contributed by atoms with Gasteiger partial charge in [-0.2, -0.15) is 0 Å². The van der Waals surface area contributed by atoms with E-state index in [1.54, 1.807) is 12.1 Å². The Kier molecular flexibility index (Phi) is 3.77. The molecule has 0 aliphatic carbocycles. The van der Waals surface area contributed by atoms with Crippen LogP contribution in [0.4, 0.5) is 4.39 Å². The number of carbonyl (C=O) groups is 1. The van der Waals surface area contributed by atoms with Crippen molar-refractivity contribution >= 4 is 5.78 Å². The third-order valence-corrected chi connectivity index (χ3v) is 2.15. The second-order valence-corrected chi connectivity index (χ2v) is 3.28. The summed E-state index contributed by atoms with van der Waals surface area (Å²) in [6.07, 6.45) is 0.926. The van der Waals surface area contributed by atoms with Crippen LogP contribution in [-0.2, 0) is 11.2 Å². The molecule has 2 N–H and O–H groups in total. The molecule has 1 atom stereocenters. The van der Waals surface area contributed by atoms with Gasteiger partial charge >= 0.3 is 0 Å². The lowest BCUT2D eigenvalue weighted by atomic mass is 10.0. The molecule has 14 heavy (non-hydrogen) atoms. The zero-order chi connectivity index (χ0) is 10.6. The van der Waals surface area contributed by atoms with Gasteiger partial charge in [0.15, 0.2) is 5.78 Å². The molecule has 1 rings (SSSR count). The van der Waals surface area contributed by atoms with Crippen molar-refractivity contribution in [2.24, 2.45) is 5.73 Å². The van der Waals surface area contributed by atoms with E-state index in [0.29, 0.717) is 6.42 Å². The maximum atomic E-state index is 12.5. The van der Waals surface area contributed by atoms with E-state index in [1.807, 2.05) is 6.92 Å². The summed E-state index contributed by atoms with van der Waals surface area (Å²) in [5, 5.41) is 0. The summed E-state index contributed by atoms with van der Waals surface area (Å²) in [6.45, 7) is 1.87. The molecule has 0 aliphatic rings. The Morgan fingerprint density at radius 2 is 2.00 bits per heavy atom. The van der Waals surface area contributed by atoms with Crippen LogP contribution in [0.25, 0.3) is 0 Å². The molecule has 0 amide bonds. The summed E-state index contributed by atoms with van der Waals surface area (Å²) < 4.78 is 12.5. The Bertz CT molecular complexity index is 308. The Hall–Kier alpha value is -1.22. The van der Waals surface area contributed by atoms with Crippen molar-refractivity contribution in [1.82, 2.24) is 0 Å². The fourth-order valence-electron chi connectivity index (χ4n) is 1.16. The van der Waals surface area contributed by atoms with Crippen LogP contribution >= 0.6 is 0 Å². The summed E-state index contributed by atoms with van der Waals surface area (Å²) in [7, 11) is 0. The first kappa shape index (κ1) is 10.9. The van der Waals surface area contributed by atoms with Crippen molar-refractivity contribution in [3.63, 3.8) is 0 Å². The lowest BCUT2D eigenvalue weighted by Crippen LogP contribution is -2.30. The van der Waals surface area contributed by atoms with Gasteiger partial charge < -0.3 is 5.73 Å². The minimum absolute atomic E-state index is 0.000826. The van der Waals surface area contributed by atoms with Crippen LogP contribution in [0.3, 0.4) is 0 Å². The summed E-state index contributed by atoms with van der Waals surface area (Å²) in [5.41, 5.74) is 6.38. The molecule has 3 heteroatoms. The first-order chi connectivity index (χ1) is 6.63.